The number of nitrogens with zero attached hydrogens (tertiary/aromatic N) is 3. The van der Waals surface area contributed by atoms with Gasteiger partial charge in [0.05, 0.1) is 12.4 Å². The monoisotopic (exact) mass is 197 g/mol. The van der Waals surface area contributed by atoms with E-state index in [9.17, 15) is 0 Å². The average Bonchev–Trinajstić information content (AvgIpc) is 2.74. The van der Waals surface area contributed by atoms with Crippen molar-refractivity contribution in [2.24, 2.45) is 0 Å². The quantitative estimate of drug-likeness (QED) is 0.600. The molecule has 0 atom stereocenters. The van der Waals surface area contributed by atoms with E-state index in [1.807, 2.05) is 24.3 Å². The van der Waals surface area contributed by atoms with E-state index >= 15 is 0 Å². The molecule has 3 aromatic rings. The van der Waals surface area contributed by atoms with Gasteiger partial charge in [0.2, 0.25) is 0 Å². The summed E-state index contributed by atoms with van der Waals surface area (Å²) in [6, 6.07) is 7.60. The van der Waals surface area contributed by atoms with Crippen molar-refractivity contribution in [3.8, 4) is 11.5 Å². The maximum atomic E-state index is 5.59. The van der Waals surface area contributed by atoms with E-state index in [0.29, 0.717) is 0 Å². The lowest BCUT2D eigenvalue weighted by atomic mass is 10.2. The number of hydrogen-bond donors (Lipinski definition) is 0. The first-order valence-corrected chi connectivity index (χ1v) is 4.55. The van der Waals surface area contributed by atoms with Gasteiger partial charge in [-0.05, 0) is 18.2 Å². The molecule has 3 heterocycles. The molecule has 0 spiro atoms. The summed E-state index contributed by atoms with van der Waals surface area (Å²) in [6.45, 7) is 0. The molecule has 0 saturated heterocycles. The Morgan fingerprint density at radius 1 is 1.07 bits per heavy atom. The fourth-order valence-electron chi connectivity index (χ4n) is 1.44. The van der Waals surface area contributed by atoms with Gasteiger partial charge in [-0.25, -0.2) is 0 Å². The third-order valence-corrected chi connectivity index (χ3v) is 2.15. The Morgan fingerprint density at radius 3 is 2.80 bits per heavy atom. The van der Waals surface area contributed by atoms with Crippen LogP contribution in [0.1, 0.15) is 0 Å². The van der Waals surface area contributed by atoms with Gasteiger partial charge in [0.1, 0.15) is 5.69 Å². The molecule has 0 unspecified atom stereocenters. The first kappa shape index (κ1) is 8.11. The molecule has 0 radical (unpaired) electrons. The van der Waals surface area contributed by atoms with Crippen LogP contribution in [0.4, 0.5) is 0 Å². The van der Waals surface area contributed by atoms with Crippen LogP contribution in [0.5, 0.6) is 0 Å². The lowest BCUT2D eigenvalue weighted by molar-refractivity contribution is 0.626. The minimum atomic E-state index is 0.727. The minimum absolute atomic E-state index is 0.727. The molecule has 0 N–H and O–H groups in total. The zero-order chi connectivity index (χ0) is 10.1. The molecule has 0 saturated carbocycles. The summed E-state index contributed by atoms with van der Waals surface area (Å²) in [4.78, 5) is 4.21. The maximum absolute atomic E-state index is 5.59. The highest BCUT2D eigenvalue weighted by Gasteiger charge is 2.06. The number of fused-ring (bicyclic) bond motifs is 1. The fraction of sp³-hybridized carbons (Fsp3) is 0. The van der Waals surface area contributed by atoms with Gasteiger partial charge < -0.3 is 4.42 Å². The molecule has 0 aromatic carbocycles. The number of rotatable bonds is 1. The second-order valence-corrected chi connectivity index (χ2v) is 3.13. The Bertz CT molecular complexity index is 556. The Kier molecular flexibility index (Phi) is 1.71. The Balaban J connectivity index is 2.21. The van der Waals surface area contributed by atoms with Crippen molar-refractivity contribution < 1.29 is 4.42 Å². The van der Waals surface area contributed by atoms with Gasteiger partial charge in [0, 0.05) is 11.6 Å². The van der Waals surface area contributed by atoms with Gasteiger partial charge in [-0.1, -0.05) is 6.07 Å². The first-order chi connectivity index (χ1) is 7.43. The Hall–Kier alpha value is -2.23. The summed E-state index contributed by atoms with van der Waals surface area (Å²) in [5.74, 6) is 0.736. The summed E-state index contributed by atoms with van der Waals surface area (Å²) >= 11 is 0. The van der Waals surface area contributed by atoms with E-state index in [4.69, 9.17) is 4.42 Å². The van der Waals surface area contributed by atoms with Crippen molar-refractivity contribution in [3.05, 3.63) is 42.9 Å². The molecule has 72 valence electrons. The molecule has 0 amide bonds. The highest BCUT2D eigenvalue weighted by atomic mass is 16.3. The molecular weight excluding hydrogens is 190 g/mol. The third-order valence-electron chi connectivity index (χ3n) is 2.15. The lowest BCUT2D eigenvalue weighted by Gasteiger charge is -1.92. The Labute approximate surface area is 85.6 Å². The highest BCUT2D eigenvalue weighted by molar-refractivity contribution is 5.80. The number of aromatic nitrogens is 3. The van der Waals surface area contributed by atoms with Crippen molar-refractivity contribution in [1.29, 1.82) is 0 Å². The van der Waals surface area contributed by atoms with Crippen molar-refractivity contribution >= 4 is 11.0 Å². The molecule has 3 aromatic heterocycles. The largest absolute Gasteiger partial charge is 0.453 e. The molecule has 4 nitrogen and oxygen atoms in total. The SMILES string of the molecule is c1ccc(-c2cc3cnncc3o2)nc1. The zero-order valence-corrected chi connectivity index (χ0v) is 7.79. The predicted octanol–water partition coefficient (Wildman–Crippen LogP) is 2.28. The minimum Gasteiger partial charge on any atom is -0.453 e. The van der Waals surface area contributed by atoms with Gasteiger partial charge in [-0.3, -0.25) is 4.98 Å². The van der Waals surface area contributed by atoms with E-state index in [2.05, 4.69) is 15.2 Å². The van der Waals surface area contributed by atoms with Crippen molar-refractivity contribution in [2.75, 3.05) is 0 Å². The van der Waals surface area contributed by atoms with Crippen LogP contribution in [0.2, 0.25) is 0 Å². The number of hydrogen-bond acceptors (Lipinski definition) is 4. The van der Waals surface area contributed by atoms with Gasteiger partial charge >= 0.3 is 0 Å². The maximum Gasteiger partial charge on any atom is 0.156 e. The van der Waals surface area contributed by atoms with Crippen LogP contribution in [-0.4, -0.2) is 15.2 Å². The number of pyridine rings is 1. The van der Waals surface area contributed by atoms with E-state index in [1.54, 1.807) is 18.6 Å². The van der Waals surface area contributed by atoms with Crippen LogP contribution < -0.4 is 0 Å². The lowest BCUT2D eigenvalue weighted by Crippen LogP contribution is -1.76. The van der Waals surface area contributed by atoms with Crippen LogP contribution >= 0.6 is 0 Å². The molecule has 3 rings (SSSR count). The van der Waals surface area contributed by atoms with Gasteiger partial charge in [-0.2, -0.15) is 10.2 Å². The van der Waals surface area contributed by atoms with Crippen LogP contribution in [0.25, 0.3) is 22.4 Å². The van der Waals surface area contributed by atoms with Crippen LogP contribution in [0.15, 0.2) is 47.3 Å². The zero-order valence-electron chi connectivity index (χ0n) is 7.79. The predicted molar refractivity (Wildman–Crippen MR) is 55.0 cm³/mol. The fourth-order valence-corrected chi connectivity index (χ4v) is 1.44. The van der Waals surface area contributed by atoms with E-state index in [0.717, 1.165) is 22.4 Å². The standard InChI is InChI=1S/C11H7N3O/c1-2-4-12-9(3-1)10-5-8-6-13-14-7-11(8)15-10/h1-7H. The smallest absolute Gasteiger partial charge is 0.156 e. The summed E-state index contributed by atoms with van der Waals surface area (Å²) in [6.07, 6.45) is 5.01. The van der Waals surface area contributed by atoms with Crippen molar-refractivity contribution in [2.45, 2.75) is 0 Å². The molecular formula is C11H7N3O. The topological polar surface area (TPSA) is 51.8 Å². The normalized spacial score (nSPS) is 10.7. The van der Waals surface area contributed by atoms with Gasteiger partial charge in [-0.15, -0.1) is 0 Å². The highest BCUT2D eigenvalue weighted by Crippen LogP contribution is 2.24. The van der Waals surface area contributed by atoms with Crippen LogP contribution in [0, 0.1) is 0 Å². The summed E-state index contributed by atoms with van der Waals surface area (Å²) < 4.78 is 5.59. The molecule has 4 heteroatoms. The molecule has 0 aliphatic rings. The Morgan fingerprint density at radius 2 is 2.00 bits per heavy atom. The summed E-state index contributed by atoms with van der Waals surface area (Å²) in [5, 5.41) is 8.48. The molecule has 0 fully saturated rings. The molecule has 0 bridgehead atoms. The van der Waals surface area contributed by atoms with E-state index in [1.165, 1.54) is 0 Å². The van der Waals surface area contributed by atoms with E-state index < -0.39 is 0 Å². The van der Waals surface area contributed by atoms with Crippen LogP contribution in [0.3, 0.4) is 0 Å². The van der Waals surface area contributed by atoms with Crippen molar-refractivity contribution in [3.63, 3.8) is 0 Å². The second-order valence-electron chi connectivity index (χ2n) is 3.13. The van der Waals surface area contributed by atoms with E-state index in [-0.39, 0.29) is 0 Å². The van der Waals surface area contributed by atoms with Gasteiger partial charge in [0.15, 0.2) is 11.3 Å². The summed E-state index contributed by atoms with van der Waals surface area (Å²) in [7, 11) is 0. The molecule has 0 aliphatic carbocycles. The second kappa shape index (κ2) is 3.16. The molecule has 15 heavy (non-hydrogen) atoms. The van der Waals surface area contributed by atoms with Gasteiger partial charge in [0.25, 0.3) is 0 Å². The average molecular weight is 197 g/mol. The van der Waals surface area contributed by atoms with Crippen LogP contribution in [-0.2, 0) is 0 Å². The first-order valence-electron chi connectivity index (χ1n) is 4.55. The summed E-state index contributed by atoms with van der Waals surface area (Å²) in [5.41, 5.74) is 1.54. The number of furan rings is 1. The molecule has 0 aliphatic heterocycles. The third kappa shape index (κ3) is 1.36. The van der Waals surface area contributed by atoms with Crippen molar-refractivity contribution in [1.82, 2.24) is 15.2 Å².